The average molecular weight is 573 g/mol. The highest BCUT2D eigenvalue weighted by molar-refractivity contribution is 6.76. The van der Waals surface area contributed by atoms with E-state index in [1.54, 1.807) is 24.5 Å². The van der Waals surface area contributed by atoms with Crippen molar-refractivity contribution in [1.29, 1.82) is 0 Å². The van der Waals surface area contributed by atoms with Crippen molar-refractivity contribution in [2.75, 3.05) is 18.5 Å². The molecule has 11 nitrogen and oxygen atoms in total. The fourth-order valence-electron chi connectivity index (χ4n) is 4.34. The lowest BCUT2D eigenvalue weighted by Crippen LogP contribution is -2.25. The Morgan fingerprint density at radius 3 is 2.88 bits per heavy atom. The van der Waals surface area contributed by atoms with E-state index in [0.29, 0.717) is 29.3 Å². The first-order valence-corrected chi connectivity index (χ1v) is 16.5. The Bertz CT molecular complexity index is 1520. The first-order chi connectivity index (χ1) is 19.1. The van der Waals surface area contributed by atoms with Crippen LogP contribution in [0.15, 0.2) is 43.0 Å². The number of alkyl halides is 2. The molecule has 3 aromatic heterocycles. The normalized spacial score (nSPS) is 15.2. The molecule has 0 saturated carbocycles. The average Bonchev–Trinajstić information content (AvgIpc) is 3.49. The number of aliphatic hydroxyl groups excluding tert-OH is 1. The van der Waals surface area contributed by atoms with E-state index in [4.69, 9.17) is 14.2 Å². The molecule has 0 aliphatic carbocycles. The van der Waals surface area contributed by atoms with Crippen LogP contribution in [0.2, 0.25) is 25.7 Å². The van der Waals surface area contributed by atoms with Crippen LogP contribution >= 0.6 is 0 Å². The molecule has 212 valence electrons. The number of ether oxygens (including phenoxy) is 3. The number of nitrogens with zero attached hydrogens (tertiary/aromatic N) is 5. The third-order valence-corrected chi connectivity index (χ3v) is 8.05. The second kappa shape index (κ2) is 11.3. The van der Waals surface area contributed by atoms with E-state index in [1.165, 1.54) is 27.7 Å². The summed E-state index contributed by atoms with van der Waals surface area (Å²) >= 11 is 0. The monoisotopic (exact) mass is 572 g/mol. The number of anilines is 1. The fraction of sp³-hybridized carbons (Fsp3) is 0.385. The van der Waals surface area contributed by atoms with Gasteiger partial charge in [-0.3, -0.25) is 4.79 Å². The predicted molar refractivity (Wildman–Crippen MR) is 145 cm³/mol. The van der Waals surface area contributed by atoms with Crippen LogP contribution in [-0.2, 0) is 17.9 Å². The number of hydrogen-bond acceptors (Lipinski definition) is 8. The van der Waals surface area contributed by atoms with Crippen molar-refractivity contribution >= 4 is 25.3 Å². The lowest BCUT2D eigenvalue weighted by Gasteiger charge is -2.24. The van der Waals surface area contributed by atoms with Crippen molar-refractivity contribution in [2.45, 2.75) is 51.6 Å². The van der Waals surface area contributed by atoms with Crippen LogP contribution in [-0.4, -0.2) is 69.4 Å². The van der Waals surface area contributed by atoms with E-state index in [1.807, 2.05) is 0 Å². The molecule has 1 aliphatic heterocycles. The Kier molecular flexibility index (Phi) is 7.83. The quantitative estimate of drug-likeness (QED) is 0.215. The summed E-state index contributed by atoms with van der Waals surface area (Å²) in [6.07, 6.45) is 5.48. The van der Waals surface area contributed by atoms with E-state index < -0.39 is 26.7 Å². The molecule has 40 heavy (non-hydrogen) atoms. The Labute approximate surface area is 229 Å². The number of rotatable bonds is 10. The van der Waals surface area contributed by atoms with Crippen molar-refractivity contribution < 1.29 is 32.9 Å². The molecule has 1 atom stereocenters. The molecule has 0 saturated heterocycles. The number of aromatic nitrogens is 5. The summed E-state index contributed by atoms with van der Waals surface area (Å²) in [6.45, 7) is 4.16. The van der Waals surface area contributed by atoms with Crippen molar-refractivity contribution in [3.05, 3.63) is 54.1 Å². The van der Waals surface area contributed by atoms with Gasteiger partial charge in [0.2, 0.25) is 0 Å². The molecule has 0 fully saturated rings. The topological polar surface area (TPSA) is 125 Å². The summed E-state index contributed by atoms with van der Waals surface area (Å²) in [5.41, 5.74) is 1.85. The Morgan fingerprint density at radius 1 is 1.27 bits per heavy atom. The summed E-state index contributed by atoms with van der Waals surface area (Å²) in [4.78, 5) is 17.5. The van der Waals surface area contributed by atoms with Crippen molar-refractivity contribution in [3.63, 3.8) is 0 Å². The number of fused-ring (bicyclic) bond motifs is 2. The Balaban J connectivity index is 1.54. The van der Waals surface area contributed by atoms with Gasteiger partial charge in [-0.1, -0.05) is 19.6 Å². The molecule has 0 bridgehead atoms. The molecule has 0 radical (unpaired) electrons. The highest BCUT2D eigenvalue weighted by atomic mass is 28.3. The molecule has 4 aromatic rings. The number of nitrogens with one attached hydrogen (secondary N) is 1. The lowest BCUT2D eigenvalue weighted by molar-refractivity contribution is -0.0496. The van der Waals surface area contributed by atoms with Crippen LogP contribution in [0.25, 0.3) is 16.9 Å². The molecule has 14 heteroatoms. The predicted octanol–water partition coefficient (Wildman–Crippen LogP) is 4.05. The smallest absolute Gasteiger partial charge is 0.387 e. The number of carbonyl (C=O) groups is 1. The number of aliphatic hydroxyl groups is 1. The van der Waals surface area contributed by atoms with Crippen molar-refractivity contribution in [2.24, 2.45) is 0 Å². The zero-order chi connectivity index (χ0) is 28.4. The molecule has 2 N–H and O–H groups in total. The number of benzene rings is 1. The van der Waals surface area contributed by atoms with Gasteiger partial charge in [0.15, 0.2) is 5.65 Å². The standard InChI is InChI=1S/C26H30F2N6O5Si/c1-40(2,3)8-7-37-15-34-23(18-11-21-16(9-17(35)14-38-21)10-22(18)39-26(27)28)20(13-31-34)32-25(36)19-12-30-33-6-4-5-29-24(19)33/h4-6,10-13,17,26,35H,7-9,14-15H2,1-3H3,(H,32,36). The molecule has 1 aromatic carbocycles. The summed E-state index contributed by atoms with van der Waals surface area (Å²) < 4.78 is 46.5. The molecule has 0 spiro atoms. The third-order valence-electron chi connectivity index (χ3n) is 6.34. The fourth-order valence-corrected chi connectivity index (χ4v) is 5.10. The molecule has 1 aliphatic rings. The second-order valence-corrected chi connectivity index (χ2v) is 16.3. The molecule has 4 heterocycles. The number of carbonyl (C=O) groups excluding carboxylic acids is 1. The molecule has 1 amide bonds. The maximum absolute atomic E-state index is 13.5. The van der Waals surface area contributed by atoms with Gasteiger partial charge in [0.05, 0.1) is 29.9 Å². The minimum absolute atomic E-state index is 0.0126. The first-order valence-electron chi connectivity index (χ1n) is 12.8. The summed E-state index contributed by atoms with van der Waals surface area (Å²) in [6, 6.07) is 5.59. The number of amides is 1. The first kappa shape index (κ1) is 27.7. The van der Waals surface area contributed by atoms with E-state index in [9.17, 15) is 18.7 Å². The molecular formula is C26H30F2N6O5Si. The summed E-state index contributed by atoms with van der Waals surface area (Å²) in [5, 5.41) is 21.4. The van der Waals surface area contributed by atoms with Crippen molar-refractivity contribution in [3.8, 4) is 22.8 Å². The van der Waals surface area contributed by atoms with Gasteiger partial charge in [-0.05, 0) is 24.2 Å². The van der Waals surface area contributed by atoms with E-state index in [-0.39, 0.29) is 42.3 Å². The summed E-state index contributed by atoms with van der Waals surface area (Å²) in [5.74, 6) is -0.246. The van der Waals surface area contributed by atoms with E-state index in [0.717, 1.165) is 6.04 Å². The Morgan fingerprint density at radius 2 is 2.10 bits per heavy atom. The minimum Gasteiger partial charge on any atom is -0.491 e. The van der Waals surface area contributed by atoms with Crippen LogP contribution in [0.4, 0.5) is 14.5 Å². The number of halogens is 2. The minimum atomic E-state index is -3.11. The second-order valence-electron chi connectivity index (χ2n) is 10.7. The SMILES string of the molecule is C[Si](C)(C)CCOCn1ncc(NC(=O)c2cnn3cccnc23)c1-c1cc2c(cc1OC(F)F)CC(O)CO2. The molecule has 1 unspecified atom stereocenters. The van der Waals surface area contributed by atoms with Gasteiger partial charge in [0.25, 0.3) is 5.91 Å². The van der Waals surface area contributed by atoms with Gasteiger partial charge < -0.3 is 24.6 Å². The summed E-state index contributed by atoms with van der Waals surface area (Å²) in [7, 11) is -1.36. The molecule has 5 rings (SSSR count). The van der Waals surface area contributed by atoms with E-state index in [2.05, 4.69) is 40.1 Å². The zero-order valence-electron chi connectivity index (χ0n) is 22.3. The lowest BCUT2D eigenvalue weighted by atomic mass is 9.99. The van der Waals surface area contributed by atoms with Crippen molar-refractivity contribution in [1.82, 2.24) is 24.4 Å². The number of hydrogen-bond donors (Lipinski definition) is 2. The highest BCUT2D eigenvalue weighted by Crippen LogP contribution is 2.42. The van der Waals surface area contributed by atoms with Gasteiger partial charge in [-0.2, -0.15) is 19.0 Å². The van der Waals surface area contributed by atoms with Gasteiger partial charge in [-0.15, -0.1) is 0 Å². The van der Waals surface area contributed by atoms with Gasteiger partial charge in [0.1, 0.15) is 30.4 Å². The zero-order valence-corrected chi connectivity index (χ0v) is 23.3. The maximum atomic E-state index is 13.5. The highest BCUT2D eigenvalue weighted by Gasteiger charge is 2.27. The van der Waals surface area contributed by atoms with Gasteiger partial charge in [-0.25, -0.2) is 14.2 Å². The maximum Gasteiger partial charge on any atom is 0.387 e. The van der Waals surface area contributed by atoms with Gasteiger partial charge in [0, 0.05) is 44.6 Å². The molecular weight excluding hydrogens is 542 g/mol. The van der Waals surface area contributed by atoms with Crippen LogP contribution in [0.3, 0.4) is 0 Å². The van der Waals surface area contributed by atoms with Crippen LogP contribution < -0.4 is 14.8 Å². The van der Waals surface area contributed by atoms with Crippen LogP contribution in [0.1, 0.15) is 15.9 Å². The Hall–Kier alpha value is -3.88. The van der Waals surface area contributed by atoms with Crippen LogP contribution in [0.5, 0.6) is 11.5 Å². The third kappa shape index (κ3) is 6.13. The van der Waals surface area contributed by atoms with Gasteiger partial charge >= 0.3 is 6.61 Å². The largest absolute Gasteiger partial charge is 0.491 e. The van der Waals surface area contributed by atoms with E-state index >= 15 is 0 Å². The van der Waals surface area contributed by atoms with Crippen LogP contribution in [0, 0.1) is 0 Å².